The summed E-state index contributed by atoms with van der Waals surface area (Å²) in [6, 6.07) is 7.04. The van der Waals surface area contributed by atoms with Gasteiger partial charge in [0, 0.05) is 6.54 Å². The molecule has 7 heteroatoms. The fraction of sp³-hybridized carbons (Fsp3) is 0.278. The molecule has 1 N–H and O–H groups in total. The molecule has 1 heterocycles. The molecule has 25 heavy (non-hydrogen) atoms. The minimum Gasteiger partial charge on any atom is -0.478 e. The number of hydrogen-bond donors (Lipinski definition) is 1. The van der Waals surface area contributed by atoms with Crippen LogP contribution in [0.15, 0.2) is 35.2 Å². The molecule has 0 bridgehead atoms. The van der Waals surface area contributed by atoms with Gasteiger partial charge < -0.3 is 5.11 Å². The Hall–Kier alpha value is -2.41. The molecule has 1 aliphatic heterocycles. The normalized spacial score (nSPS) is 14.3. The van der Waals surface area contributed by atoms with Crippen LogP contribution in [0.1, 0.15) is 33.5 Å². The van der Waals surface area contributed by atoms with Crippen LogP contribution in [0.25, 0.3) is 0 Å². The number of carboxylic acid groups (broad SMARTS) is 1. The second-order valence-electron chi connectivity index (χ2n) is 6.22. The third-order valence-corrected chi connectivity index (χ3v) is 6.29. The number of nitrogens with zero attached hydrogens (tertiary/aromatic N) is 1. The van der Waals surface area contributed by atoms with Gasteiger partial charge in [-0.25, -0.2) is 17.6 Å². The van der Waals surface area contributed by atoms with Crippen LogP contribution in [0.3, 0.4) is 0 Å². The number of fused-ring (bicyclic) bond motifs is 1. The molecule has 0 fully saturated rings. The van der Waals surface area contributed by atoms with Crippen LogP contribution in [0.2, 0.25) is 0 Å². The maximum atomic E-state index is 14.5. The van der Waals surface area contributed by atoms with Gasteiger partial charge in [0.2, 0.25) is 0 Å². The predicted octanol–water partition coefficient (Wildman–Crippen LogP) is 3.28. The molecular formula is C18H18FNO4S. The van der Waals surface area contributed by atoms with E-state index in [0.29, 0.717) is 24.0 Å². The summed E-state index contributed by atoms with van der Waals surface area (Å²) >= 11 is 0. The van der Waals surface area contributed by atoms with Crippen molar-refractivity contribution < 1.29 is 22.7 Å². The topological polar surface area (TPSA) is 74.7 Å². The van der Waals surface area contributed by atoms with Crippen molar-refractivity contribution in [2.75, 3.05) is 10.8 Å². The molecule has 0 atom stereocenters. The first kappa shape index (κ1) is 17.4. The summed E-state index contributed by atoms with van der Waals surface area (Å²) in [4.78, 5) is 11.1. The molecule has 0 aromatic heterocycles. The number of benzene rings is 2. The molecule has 0 amide bonds. The van der Waals surface area contributed by atoms with E-state index >= 15 is 0 Å². The van der Waals surface area contributed by atoms with Crippen molar-refractivity contribution in [3.05, 3.63) is 58.4 Å². The highest BCUT2D eigenvalue weighted by Crippen LogP contribution is 2.36. The average Bonchev–Trinajstić information content (AvgIpc) is 2.53. The van der Waals surface area contributed by atoms with Crippen molar-refractivity contribution in [1.82, 2.24) is 0 Å². The third-order valence-electron chi connectivity index (χ3n) is 4.35. The molecule has 2 aromatic rings. The molecule has 2 aromatic carbocycles. The van der Waals surface area contributed by atoms with Gasteiger partial charge >= 0.3 is 5.97 Å². The van der Waals surface area contributed by atoms with Gasteiger partial charge in [0.05, 0.1) is 16.1 Å². The summed E-state index contributed by atoms with van der Waals surface area (Å²) < 4.78 is 41.9. The summed E-state index contributed by atoms with van der Waals surface area (Å²) in [7, 11) is -4.07. The Morgan fingerprint density at radius 3 is 2.60 bits per heavy atom. The lowest BCUT2D eigenvalue weighted by Crippen LogP contribution is -2.36. The zero-order valence-corrected chi connectivity index (χ0v) is 14.7. The van der Waals surface area contributed by atoms with Crippen LogP contribution in [-0.4, -0.2) is 26.0 Å². The Morgan fingerprint density at radius 1 is 1.20 bits per heavy atom. The number of carboxylic acids is 1. The van der Waals surface area contributed by atoms with Crippen molar-refractivity contribution in [1.29, 1.82) is 0 Å². The number of sulfonamides is 1. The fourth-order valence-corrected chi connectivity index (χ4v) is 4.97. The van der Waals surface area contributed by atoms with E-state index in [1.54, 1.807) is 19.9 Å². The lowest BCUT2D eigenvalue weighted by atomic mass is 10.0. The SMILES string of the molecule is Cc1cc(F)c2c(c1)CCCN2S(=O)(=O)c1cc(C(=O)O)ccc1C. The van der Waals surface area contributed by atoms with Crippen LogP contribution in [0, 0.1) is 19.7 Å². The van der Waals surface area contributed by atoms with Gasteiger partial charge in [-0.1, -0.05) is 12.1 Å². The van der Waals surface area contributed by atoms with E-state index < -0.39 is 21.8 Å². The number of carbonyl (C=O) groups is 1. The van der Waals surface area contributed by atoms with Gasteiger partial charge in [0.25, 0.3) is 10.0 Å². The smallest absolute Gasteiger partial charge is 0.335 e. The van der Waals surface area contributed by atoms with Crippen LogP contribution < -0.4 is 4.31 Å². The lowest BCUT2D eigenvalue weighted by molar-refractivity contribution is 0.0696. The molecular weight excluding hydrogens is 345 g/mol. The summed E-state index contributed by atoms with van der Waals surface area (Å²) in [6.07, 6.45) is 1.18. The number of aromatic carboxylic acids is 1. The van der Waals surface area contributed by atoms with Crippen LogP contribution in [0.5, 0.6) is 0 Å². The van der Waals surface area contributed by atoms with Crippen molar-refractivity contribution >= 4 is 21.7 Å². The summed E-state index contributed by atoms with van der Waals surface area (Å²) in [5.74, 6) is -1.79. The van der Waals surface area contributed by atoms with Gasteiger partial charge in [-0.2, -0.15) is 0 Å². The number of halogens is 1. The molecule has 0 unspecified atom stereocenters. The zero-order chi connectivity index (χ0) is 18.4. The quantitative estimate of drug-likeness (QED) is 0.908. The first-order chi connectivity index (χ1) is 11.7. The Kier molecular flexibility index (Phi) is 4.28. The monoisotopic (exact) mass is 363 g/mol. The number of hydrogen-bond acceptors (Lipinski definition) is 3. The first-order valence-electron chi connectivity index (χ1n) is 7.87. The van der Waals surface area contributed by atoms with Gasteiger partial charge in [0.15, 0.2) is 0 Å². The molecule has 1 aliphatic rings. The van der Waals surface area contributed by atoms with Crippen molar-refractivity contribution in [3.63, 3.8) is 0 Å². The summed E-state index contributed by atoms with van der Waals surface area (Å²) in [5.41, 5.74) is 1.76. The second kappa shape index (κ2) is 6.15. The number of anilines is 1. The van der Waals surface area contributed by atoms with Crippen molar-refractivity contribution in [2.45, 2.75) is 31.6 Å². The van der Waals surface area contributed by atoms with Gasteiger partial charge in [-0.15, -0.1) is 0 Å². The van der Waals surface area contributed by atoms with E-state index in [-0.39, 0.29) is 22.7 Å². The molecule has 0 saturated carbocycles. The molecule has 0 spiro atoms. The molecule has 132 valence electrons. The van der Waals surface area contributed by atoms with Gasteiger partial charge in [0.1, 0.15) is 5.82 Å². The van der Waals surface area contributed by atoms with E-state index in [9.17, 15) is 17.6 Å². The van der Waals surface area contributed by atoms with Crippen LogP contribution in [0.4, 0.5) is 10.1 Å². The highest BCUT2D eigenvalue weighted by atomic mass is 32.2. The zero-order valence-electron chi connectivity index (χ0n) is 13.9. The third kappa shape index (κ3) is 3.00. The minimum atomic E-state index is -4.07. The second-order valence-corrected chi connectivity index (χ2v) is 8.05. The highest BCUT2D eigenvalue weighted by Gasteiger charge is 2.33. The maximum Gasteiger partial charge on any atom is 0.335 e. The fourth-order valence-electron chi connectivity index (χ4n) is 3.17. The van der Waals surface area contributed by atoms with Crippen molar-refractivity contribution in [3.8, 4) is 0 Å². The van der Waals surface area contributed by atoms with E-state index in [1.165, 1.54) is 18.2 Å². The Bertz CT molecular complexity index is 969. The Morgan fingerprint density at radius 2 is 1.92 bits per heavy atom. The maximum absolute atomic E-state index is 14.5. The number of rotatable bonds is 3. The van der Waals surface area contributed by atoms with E-state index in [4.69, 9.17) is 5.11 Å². The van der Waals surface area contributed by atoms with Crippen molar-refractivity contribution in [2.24, 2.45) is 0 Å². The van der Waals surface area contributed by atoms with Crippen LogP contribution >= 0.6 is 0 Å². The summed E-state index contributed by atoms with van der Waals surface area (Å²) in [6.45, 7) is 3.51. The number of aryl methyl sites for hydroxylation is 3. The van der Waals surface area contributed by atoms with Crippen LogP contribution in [-0.2, 0) is 16.4 Å². The first-order valence-corrected chi connectivity index (χ1v) is 9.31. The van der Waals surface area contributed by atoms with Gasteiger partial charge in [-0.3, -0.25) is 4.31 Å². The molecule has 0 saturated heterocycles. The minimum absolute atomic E-state index is 0.0666. The lowest BCUT2D eigenvalue weighted by Gasteiger charge is -2.31. The molecule has 0 aliphatic carbocycles. The molecule has 0 radical (unpaired) electrons. The highest BCUT2D eigenvalue weighted by molar-refractivity contribution is 7.92. The Balaban J connectivity index is 2.18. The van der Waals surface area contributed by atoms with E-state index in [0.717, 1.165) is 15.9 Å². The standard InChI is InChI=1S/C18H18FNO4S/c1-11-8-13-4-3-7-20(17(13)15(19)9-11)25(23,24)16-10-14(18(21)22)6-5-12(16)2/h5-6,8-10H,3-4,7H2,1-2H3,(H,21,22). The largest absolute Gasteiger partial charge is 0.478 e. The van der Waals surface area contributed by atoms with E-state index in [1.807, 2.05) is 0 Å². The van der Waals surface area contributed by atoms with E-state index in [2.05, 4.69) is 0 Å². The summed E-state index contributed by atoms with van der Waals surface area (Å²) in [5, 5.41) is 9.14. The molecule has 3 rings (SSSR count). The predicted molar refractivity (Wildman–Crippen MR) is 92.1 cm³/mol. The average molecular weight is 363 g/mol. The van der Waals surface area contributed by atoms with Gasteiger partial charge in [-0.05, 0) is 61.6 Å². The molecule has 5 nitrogen and oxygen atoms in total. The Labute approximate surface area is 145 Å².